The van der Waals surface area contributed by atoms with Gasteiger partial charge in [0, 0.05) is 22.9 Å². The number of para-hydroxylation sites is 1. The molecule has 140 valence electrons. The normalized spacial score (nSPS) is 11.2. The van der Waals surface area contributed by atoms with Gasteiger partial charge in [0.25, 0.3) is 0 Å². The molecule has 0 aliphatic heterocycles. The van der Waals surface area contributed by atoms with Crippen molar-refractivity contribution in [2.75, 3.05) is 19.5 Å². The van der Waals surface area contributed by atoms with Crippen LogP contribution in [-0.4, -0.2) is 20.1 Å². The first-order chi connectivity index (χ1) is 13.7. The lowest BCUT2D eigenvalue weighted by Crippen LogP contribution is -2.08. The van der Waals surface area contributed by atoms with Crippen LogP contribution in [0.5, 0.6) is 11.5 Å². The number of rotatable bonds is 5. The van der Waals surface area contributed by atoms with Crippen LogP contribution in [0.4, 0.5) is 5.69 Å². The van der Waals surface area contributed by atoms with E-state index >= 15 is 0 Å². The number of ether oxygens (including phenoxy) is 2. The van der Waals surface area contributed by atoms with Crippen LogP contribution in [0, 0.1) is 0 Å². The lowest BCUT2D eigenvalue weighted by atomic mass is 10.1. The summed E-state index contributed by atoms with van der Waals surface area (Å²) in [5, 5.41) is 4.80. The highest BCUT2D eigenvalue weighted by molar-refractivity contribution is 6.09. The molecule has 1 heterocycles. The van der Waals surface area contributed by atoms with Crippen LogP contribution in [0.2, 0.25) is 0 Å². The Morgan fingerprint density at radius 3 is 2.61 bits per heavy atom. The van der Waals surface area contributed by atoms with Gasteiger partial charge in [-0.3, -0.25) is 4.79 Å². The standard InChI is InChI=1S/C23H19NO4/c1-26-16-7-5-6-15(12-16)10-11-23(25)24-19-14-21-18(13-22(19)27-2)17-8-3-4-9-20(17)28-21/h3-14H,1-2H3,(H,24,25)/b11-10+. The summed E-state index contributed by atoms with van der Waals surface area (Å²) in [7, 11) is 3.18. The summed E-state index contributed by atoms with van der Waals surface area (Å²) in [5.74, 6) is 1.04. The van der Waals surface area contributed by atoms with Crippen molar-refractivity contribution < 1.29 is 18.7 Å². The molecular weight excluding hydrogens is 354 g/mol. The van der Waals surface area contributed by atoms with Crippen molar-refractivity contribution >= 4 is 39.6 Å². The van der Waals surface area contributed by atoms with E-state index in [-0.39, 0.29) is 5.91 Å². The molecule has 5 heteroatoms. The molecule has 5 nitrogen and oxygen atoms in total. The molecule has 0 unspecified atom stereocenters. The van der Waals surface area contributed by atoms with Gasteiger partial charge in [0.05, 0.1) is 19.9 Å². The Hall–Kier alpha value is -3.73. The minimum absolute atomic E-state index is 0.267. The second-order valence-electron chi connectivity index (χ2n) is 6.25. The lowest BCUT2D eigenvalue weighted by molar-refractivity contribution is -0.111. The molecule has 4 aromatic rings. The maximum atomic E-state index is 12.4. The predicted molar refractivity (Wildman–Crippen MR) is 111 cm³/mol. The Morgan fingerprint density at radius 1 is 0.929 bits per heavy atom. The van der Waals surface area contributed by atoms with Crippen molar-refractivity contribution in [2.24, 2.45) is 0 Å². The number of fused-ring (bicyclic) bond motifs is 3. The Balaban J connectivity index is 1.62. The number of nitrogens with one attached hydrogen (secondary N) is 1. The first kappa shape index (κ1) is 17.7. The molecule has 0 aliphatic rings. The van der Waals surface area contributed by atoms with Crippen LogP contribution < -0.4 is 14.8 Å². The summed E-state index contributed by atoms with van der Waals surface area (Å²) < 4.78 is 16.6. The molecule has 1 N–H and O–H groups in total. The number of methoxy groups -OCH3 is 2. The fraction of sp³-hybridized carbons (Fsp3) is 0.0870. The third-order valence-corrected chi connectivity index (χ3v) is 4.48. The highest BCUT2D eigenvalue weighted by atomic mass is 16.5. The highest BCUT2D eigenvalue weighted by Crippen LogP contribution is 2.36. The molecular formula is C23H19NO4. The van der Waals surface area contributed by atoms with Gasteiger partial charge >= 0.3 is 0 Å². The third kappa shape index (κ3) is 3.42. The average Bonchev–Trinajstić information content (AvgIpc) is 3.09. The Kier molecular flexibility index (Phi) is 4.72. The third-order valence-electron chi connectivity index (χ3n) is 4.48. The van der Waals surface area contributed by atoms with Gasteiger partial charge in [-0.15, -0.1) is 0 Å². The quantitative estimate of drug-likeness (QED) is 0.485. The predicted octanol–water partition coefficient (Wildman–Crippen LogP) is 5.26. The Bertz CT molecular complexity index is 1190. The number of carbonyl (C=O) groups is 1. The zero-order valence-corrected chi connectivity index (χ0v) is 15.6. The second kappa shape index (κ2) is 7.48. The molecule has 4 rings (SSSR count). The van der Waals surface area contributed by atoms with E-state index in [4.69, 9.17) is 13.9 Å². The molecule has 28 heavy (non-hydrogen) atoms. The maximum Gasteiger partial charge on any atom is 0.248 e. The van der Waals surface area contributed by atoms with Gasteiger partial charge in [0.1, 0.15) is 22.7 Å². The molecule has 3 aromatic carbocycles. The van der Waals surface area contributed by atoms with Crippen molar-refractivity contribution in [3.8, 4) is 11.5 Å². The van der Waals surface area contributed by atoms with Crippen LogP contribution in [-0.2, 0) is 4.79 Å². The Labute approximate surface area is 162 Å². The van der Waals surface area contributed by atoms with E-state index in [0.29, 0.717) is 17.0 Å². The van der Waals surface area contributed by atoms with Gasteiger partial charge in [-0.05, 0) is 35.9 Å². The van der Waals surface area contributed by atoms with Gasteiger partial charge in [-0.25, -0.2) is 0 Å². The lowest BCUT2D eigenvalue weighted by Gasteiger charge is -2.09. The summed E-state index contributed by atoms with van der Waals surface area (Å²) in [6, 6.07) is 18.9. The summed E-state index contributed by atoms with van der Waals surface area (Å²) in [6.07, 6.45) is 3.20. The van der Waals surface area contributed by atoms with Crippen molar-refractivity contribution in [1.29, 1.82) is 0 Å². The second-order valence-corrected chi connectivity index (χ2v) is 6.25. The summed E-state index contributed by atoms with van der Waals surface area (Å²) in [5.41, 5.74) is 2.90. The monoisotopic (exact) mass is 373 g/mol. The molecule has 0 saturated heterocycles. The Morgan fingerprint density at radius 2 is 1.79 bits per heavy atom. The summed E-state index contributed by atoms with van der Waals surface area (Å²) in [6.45, 7) is 0. The molecule has 0 bridgehead atoms. The van der Waals surface area contributed by atoms with Crippen LogP contribution >= 0.6 is 0 Å². The average molecular weight is 373 g/mol. The van der Waals surface area contributed by atoms with Crippen LogP contribution in [0.15, 0.2) is 71.2 Å². The first-order valence-corrected chi connectivity index (χ1v) is 8.80. The summed E-state index contributed by atoms with van der Waals surface area (Å²) >= 11 is 0. The van der Waals surface area contributed by atoms with E-state index in [2.05, 4.69) is 5.32 Å². The molecule has 0 saturated carbocycles. The van der Waals surface area contributed by atoms with Crippen LogP contribution in [0.1, 0.15) is 5.56 Å². The van der Waals surface area contributed by atoms with E-state index in [1.165, 1.54) is 6.08 Å². The molecule has 1 amide bonds. The van der Waals surface area contributed by atoms with E-state index in [0.717, 1.165) is 27.7 Å². The number of anilines is 1. The van der Waals surface area contributed by atoms with Gasteiger partial charge in [-0.2, -0.15) is 0 Å². The van der Waals surface area contributed by atoms with Crippen LogP contribution in [0.25, 0.3) is 28.0 Å². The number of hydrogen-bond donors (Lipinski definition) is 1. The first-order valence-electron chi connectivity index (χ1n) is 8.80. The topological polar surface area (TPSA) is 60.7 Å². The number of benzene rings is 3. The van der Waals surface area contributed by atoms with Crippen molar-refractivity contribution in [1.82, 2.24) is 0 Å². The zero-order chi connectivity index (χ0) is 19.5. The molecule has 1 aromatic heterocycles. The van der Waals surface area contributed by atoms with E-state index < -0.39 is 0 Å². The van der Waals surface area contributed by atoms with Gasteiger partial charge in [0.2, 0.25) is 5.91 Å². The van der Waals surface area contributed by atoms with Crippen molar-refractivity contribution in [3.63, 3.8) is 0 Å². The van der Waals surface area contributed by atoms with Gasteiger partial charge < -0.3 is 19.2 Å². The summed E-state index contributed by atoms with van der Waals surface area (Å²) in [4.78, 5) is 12.4. The molecule has 0 radical (unpaired) electrons. The minimum Gasteiger partial charge on any atom is -0.497 e. The zero-order valence-electron chi connectivity index (χ0n) is 15.6. The van der Waals surface area contributed by atoms with E-state index in [9.17, 15) is 4.79 Å². The fourth-order valence-corrected chi connectivity index (χ4v) is 3.11. The molecule has 0 atom stereocenters. The largest absolute Gasteiger partial charge is 0.497 e. The number of carbonyl (C=O) groups excluding carboxylic acids is 1. The SMILES string of the molecule is COc1cccc(/C=C/C(=O)Nc2cc3oc4ccccc4c3cc2OC)c1. The fourth-order valence-electron chi connectivity index (χ4n) is 3.11. The highest BCUT2D eigenvalue weighted by Gasteiger charge is 2.13. The van der Waals surface area contributed by atoms with Crippen molar-refractivity contribution in [2.45, 2.75) is 0 Å². The molecule has 0 aliphatic carbocycles. The van der Waals surface area contributed by atoms with Crippen molar-refractivity contribution in [3.05, 3.63) is 72.3 Å². The van der Waals surface area contributed by atoms with Gasteiger partial charge in [-0.1, -0.05) is 30.3 Å². The number of furan rings is 1. The maximum absolute atomic E-state index is 12.4. The van der Waals surface area contributed by atoms with Gasteiger partial charge in [0.15, 0.2) is 0 Å². The van der Waals surface area contributed by atoms with Crippen LogP contribution in [0.3, 0.4) is 0 Å². The van der Waals surface area contributed by atoms with E-state index in [1.54, 1.807) is 26.4 Å². The smallest absolute Gasteiger partial charge is 0.248 e. The number of hydrogen-bond acceptors (Lipinski definition) is 4. The minimum atomic E-state index is -0.267. The molecule has 0 spiro atoms. The number of amides is 1. The molecule has 0 fully saturated rings. The van der Waals surface area contributed by atoms with E-state index in [1.807, 2.05) is 54.6 Å².